The average Bonchev–Trinajstić information content (AvgIpc) is 2.50. The number of carbonyl (C=O) groups excluding carboxylic acids is 1. The first-order valence-electron chi connectivity index (χ1n) is 7.46. The molecule has 6 heteroatoms. The second-order valence-corrected chi connectivity index (χ2v) is 4.48. The van der Waals surface area contributed by atoms with Gasteiger partial charge in [0.15, 0.2) is 0 Å². The molecule has 0 aliphatic rings. The smallest absolute Gasteiger partial charge is 0.221 e. The molecule has 0 unspecified atom stereocenters. The van der Waals surface area contributed by atoms with Crippen molar-refractivity contribution in [2.45, 2.75) is 13.8 Å². The van der Waals surface area contributed by atoms with Gasteiger partial charge in [0.25, 0.3) is 0 Å². The molecule has 0 aromatic heterocycles. The summed E-state index contributed by atoms with van der Waals surface area (Å²) in [7, 11) is 0. The first kappa shape index (κ1) is 18.4. The summed E-state index contributed by atoms with van der Waals surface area (Å²) in [4.78, 5) is 10.9. The van der Waals surface area contributed by atoms with Gasteiger partial charge >= 0.3 is 0 Å². The van der Waals surface area contributed by atoms with Gasteiger partial charge in [-0.2, -0.15) is 0 Å². The minimum atomic E-state index is -0.0921. The molecule has 0 bridgehead atoms. The second kappa shape index (κ2) is 12.0. The topological polar surface area (TPSA) is 66.0 Å². The van der Waals surface area contributed by atoms with E-state index in [0.29, 0.717) is 46.2 Å². The molecule has 1 N–H and O–H groups in total. The Hall–Kier alpha value is -1.63. The molecule has 22 heavy (non-hydrogen) atoms. The van der Waals surface area contributed by atoms with Gasteiger partial charge in [-0.15, -0.1) is 0 Å². The maximum atomic E-state index is 10.9. The minimum Gasteiger partial charge on any atom is -0.491 e. The summed E-state index contributed by atoms with van der Waals surface area (Å²) in [6.45, 7) is 7.42. The highest BCUT2D eigenvalue weighted by molar-refractivity contribution is 5.88. The van der Waals surface area contributed by atoms with Crippen LogP contribution < -0.4 is 10.1 Å². The molecule has 0 atom stereocenters. The normalized spacial score (nSPS) is 10.5. The Morgan fingerprint density at radius 2 is 1.45 bits per heavy atom. The van der Waals surface area contributed by atoms with Crippen LogP contribution in [-0.4, -0.2) is 52.2 Å². The quantitative estimate of drug-likeness (QED) is 0.599. The Balaban J connectivity index is 1.99. The number of benzene rings is 1. The summed E-state index contributed by atoms with van der Waals surface area (Å²) in [6.07, 6.45) is 0. The largest absolute Gasteiger partial charge is 0.491 e. The van der Waals surface area contributed by atoms with E-state index in [0.717, 1.165) is 11.4 Å². The van der Waals surface area contributed by atoms with Crippen LogP contribution in [0, 0.1) is 0 Å². The fourth-order valence-corrected chi connectivity index (χ4v) is 1.64. The summed E-state index contributed by atoms with van der Waals surface area (Å²) >= 11 is 0. The number of rotatable bonds is 12. The Labute approximate surface area is 131 Å². The molecule has 1 rings (SSSR count). The molecule has 0 saturated heterocycles. The molecule has 0 fully saturated rings. The number of hydrogen-bond acceptors (Lipinski definition) is 5. The molecule has 0 aliphatic carbocycles. The van der Waals surface area contributed by atoms with E-state index in [-0.39, 0.29) is 5.91 Å². The van der Waals surface area contributed by atoms with Crippen LogP contribution in [0.1, 0.15) is 13.8 Å². The molecule has 1 amide bonds. The fraction of sp³-hybridized carbons (Fsp3) is 0.562. The third-order valence-electron chi connectivity index (χ3n) is 2.62. The second-order valence-electron chi connectivity index (χ2n) is 4.48. The van der Waals surface area contributed by atoms with E-state index >= 15 is 0 Å². The van der Waals surface area contributed by atoms with Gasteiger partial charge in [-0.3, -0.25) is 4.79 Å². The van der Waals surface area contributed by atoms with Gasteiger partial charge in [0, 0.05) is 19.2 Å². The van der Waals surface area contributed by atoms with E-state index in [1.54, 1.807) is 12.1 Å². The SMILES string of the molecule is CCOCCOCCOCCOc1ccc(NC(C)=O)cc1. The van der Waals surface area contributed by atoms with Crippen molar-refractivity contribution in [1.82, 2.24) is 0 Å². The van der Waals surface area contributed by atoms with Gasteiger partial charge in [0.1, 0.15) is 12.4 Å². The number of nitrogens with one attached hydrogen (secondary N) is 1. The van der Waals surface area contributed by atoms with Crippen LogP contribution in [-0.2, 0) is 19.0 Å². The zero-order valence-corrected chi connectivity index (χ0v) is 13.3. The monoisotopic (exact) mass is 311 g/mol. The lowest BCUT2D eigenvalue weighted by Gasteiger charge is -2.08. The van der Waals surface area contributed by atoms with Crippen molar-refractivity contribution in [2.24, 2.45) is 0 Å². The molecule has 0 spiro atoms. The molecule has 0 radical (unpaired) electrons. The van der Waals surface area contributed by atoms with Crippen LogP contribution >= 0.6 is 0 Å². The van der Waals surface area contributed by atoms with Crippen molar-refractivity contribution in [3.63, 3.8) is 0 Å². The van der Waals surface area contributed by atoms with Crippen molar-refractivity contribution in [3.8, 4) is 5.75 Å². The molecule has 0 aliphatic heterocycles. The van der Waals surface area contributed by atoms with Crippen LogP contribution in [0.15, 0.2) is 24.3 Å². The van der Waals surface area contributed by atoms with Crippen molar-refractivity contribution in [3.05, 3.63) is 24.3 Å². The van der Waals surface area contributed by atoms with Crippen molar-refractivity contribution in [1.29, 1.82) is 0 Å². The van der Waals surface area contributed by atoms with E-state index in [2.05, 4.69) is 5.32 Å². The molecular weight excluding hydrogens is 286 g/mol. The van der Waals surface area contributed by atoms with Gasteiger partial charge < -0.3 is 24.3 Å². The number of carbonyl (C=O) groups is 1. The van der Waals surface area contributed by atoms with Crippen molar-refractivity contribution >= 4 is 11.6 Å². The zero-order chi connectivity index (χ0) is 16.0. The van der Waals surface area contributed by atoms with Gasteiger partial charge in [-0.25, -0.2) is 0 Å². The van der Waals surface area contributed by atoms with E-state index in [1.807, 2.05) is 19.1 Å². The van der Waals surface area contributed by atoms with Crippen LogP contribution in [0.25, 0.3) is 0 Å². The Bertz CT molecular complexity index is 408. The minimum absolute atomic E-state index is 0.0921. The summed E-state index contributed by atoms with van der Waals surface area (Å²) in [5.41, 5.74) is 0.750. The molecule has 124 valence electrons. The predicted molar refractivity (Wildman–Crippen MR) is 84.4 cm³/mol. The highest BCUT2D eigenvalue weighted by atomic mass is 16.6. The maximum absolute atomic E-state index is 10.9. The average molecular weight is 311 g/mol. The lowest BCUT2D eigenvalue weighted by Crippen LogP contribution is -2.12. The van der Waals surface area contributed by atoms with E-state index in [4.69, 9.17) is 18.9 Å². The van der Waals surface area contributed by atoms with E-state index in [9.17, 15) is 4.79 Å². The van der Waals surface area contributed by atoms with Gasteiger partial charge in [0.05, 0.1) is 33.0 Å². The molecule has 0 heterocycles. The molecule has 6 nitrogen and oxygen atoms in total. The molecule has 1 aromatic carbocycles. The number of hydrogen-bond donors (Lipinski definition) is 1. The van der Waals surface area contributed by atoms with Crippen LogP contribution in [0.2, 0.25) is 0 Å². The third-order valence-corrected chi connectivity index (χ3v) is 2.62. The highest BCUT2D eigenvalue weighted by Gasteiger charge is 1.97. The third kappa shape index (κ3) is 9.33. The lowest BCUT2D eigenvalue weighted by atomic mass is 10.3. The first-order chi connectivity index (χ1) is 10.7. The van der Waals surface area contributed by atoms with Crippen LogP contribution in [0.5, 0.6) is 5.75 Å². The molecule has 0 saturated carbocycles. The first-order valence-corrected chi connectivity index (χ1v) is 7.46. The highest BCUT2D eigenvalue weighted by Crippen LogP contribution is 2.15. The standard InChI is InChI=1S/C16H25NO5/c1-3-19-8-9-20-10-11-21-12-13-22-16-6-4-15(5-7-16)17-14(2)18/h4-7H,3,8-13H2,1-2H3,(H,17,18). The van der Waals surface area contributed by atoms with Crippen LogP contribution in [0.3, 0.4) is 0 Å². The predicted octanol–water partition coefficient (Wildman–Crippen LogP) is 2.09. The van der Waals surface area contributed by atoms with Gasteiger partial charge in [-0.1, -0.05) is 0 Å². The Morgan fingerprint density at radius 1 is 0.909 bits per heavy atom. The summed E-state index contributed by atoms with van der Waals surface area (Å²) in [5, 5.41) is 2.70. The van der Waals surface area contributed by atoms with E-state index < -0.39 is 0 Å². The Kier molecular flexibility index (Phi) is 10.0. The zero-order valence-electron chi connectivity index (χ0n) is 13.3. The summed E-state index contributed by atoms with van der Waals surface area (Å²) in [5.74, 6) is 0.649. The van der Waals surface area contributed by atoms with Gasteiger partial charge in [0.2, 0.25) is 5.91 Å². The number of ether oxygens (including phenoxy) is 4. The summed E-state index contributed by atoms with van der Waals surface area (Å²) < 4.78 is 21.4. The Morgan fingerprint density at radius 3 is 2.00 bits per heavy atom. The van der Waals surface area contributed by atoms with Gasteiger partial charge in [-0.05, 0) is 31.2 Å². The molecule has 1 aromatic rings. The summed E-state index contributed by atoms with van der Waals surface area (Å²) in [6, 6.07) is 7.21. The number of amides is 1. The number of anilines is 1. The van der Waals surface area contributed by atoms with Crippen LogP contribution in [0.4, 0.5) is 5.69 Å². The van der Waals surface area contributed by atoms with Crippen molar-refractivity contribution in [2.75, 3.05) is 51.6 Å². The fourth-order valence-electron chi connectivity index (χ4n) is 1.64. The van der Waals surface area contributed by atoms with Crippen molar-refractivity contribution < 1.29 is 23.7 Å². The van der Waals surface area contributed by atoms with E-state index in [1.165, 1.54) is 6.92 Å². The lowest BCUT2D eigenvalue weighted by molar-refractivity contribution is -0.114. The maximum Gasteiger partial charge on any atom is 0.221 e. The molecular formula is C16H25NO5.